The van der Waals surface area contributed by atoms with E-state index in [0.29, 0.717) is 5.92 Å². The third-order valence-electron chi connectivity index (χ3n) is 2.48. The first-order valence-electron chi connectivity index (χ1n) is 4.45. The molecule has 0 saturated heterocycles. The Hall–Kier alpha value is -0.780. The van der Waals surface area contributed by atoms with Gasteiger partial charge in [0.2, 0.25) is 0 Å². The minimum atomic E-state index is 0.636. The molecule has 0 heterocycles. The van der Waals surface area contributed by atoms with E-state index < -0.39 is 0 Å². The number of rotatable bonds is 0. The van der Waals surface area contributed by atoms with E-state index >= 15 is 0 Å². The maximum absolute atomic E-state index is 2.41. The van der Waals surface area contributed by atoms with Crippen LogP contribution in [0.3, 0.4) is 0 Å². The van der Waals surface area contributed by atoms with Crippen molar-refractivity contribution in [1.29, 1.82) is 0 Å². The Bertz CT molecular complexity index is 241. The molecule has 0 heteroatoms. The van der Waals surface area contributed by atoms with Crippen LogP contribution in [0.4, 0.5) is 0 Å². The molecule has 0 nitrogen and oxygen atoms in total. The lowest BCUT2D eigenvalue weighted by Crippen LogP contribution is -1.83. The molecule has 0 amide bonds. The molecule has 2 aliphatic rings. The smallest absolute Gasteiger partial charge is 0.00728 e. The molecule has 1 atom stereocenters. The SMILES string of the molecule is C[C@@H]1C=CC=C2CCCC2=C1. The Morgan fingerprint density at radius 1 is 1.27 bits per heavy atom. The Balaban J connectivity index is 2.34. The zero-order valence-corrected chi connectivity index (χ0v) is 7.01. The van der Waals surface area contributed by atoms with E-state index in [0.717, 1.165) is 0 Å². The molecule has 2 aliphatic carbocycles. The van der Waals surface area contributed by atoms with Gasteiger partial charge in [0.05, 0.1) is 0 Å². The van der Waals surface area contributed by atoms with Crippen LogP contribution in [0, 0.1) is 5.92 Å². The summed E-state index contributed by atoms with van der Waals surface area (Å²) in [4.78, 5) is 0. The predicted molar refractivity (Wildman–Crippen MR) is 48.3 cm³/mol. The molecule has 0 bridgehead atoms. The van der Waals surface area contributed by atoms with Gasteiger partial charge < -0.3 is 0 Å². The van der Waals surface area contributed by atoms with Crippen LogP contribution >= 0.6 is 0 Å². The lowest BCUT2D eigenvalue weighted by molar-refractivity contribution is 0.900. The Kier molecular flexibility index (Phi) is 1.69. The summed E-state index contributed by atoms with van der Waals surface area (Å²) in [5.41, 5.74) is 3.17. The summed E-state index contributed by atoms with van der Waals surface area (Å²) in [6.45, 7) is 2.25. The van der Waals surface area contributed by atoms with Gasteiger partial charge in [0, 0.05) is 0 Å². The van der Waals surface area contributed by atoms with E-state index in [1.54, 1.807) is 11.1 Å². The topological polar surface area (TPSA) is 0 Å². The van der Waals surface area contributed by atoms with E-state index in [2.05, 4.69) is 31.2 Å². The monoisotopic (exact) mass is 146 g/mol. The summed E-state index contributed by atoms with van der Waals surface area (Å²) in [7, 11) is 0. The molecule has 11 heavy (non-hydrogen) atoms. The van der Waals surface area contributed by atoms with E-state index in [1.165, 1.54) is 19.3 Å². The highest BCUT2D eigenvalue weighted by Gasteiger charge is 2.14. The normalized spacial score (nSPS) is 29.0. The molecule has 0 aromatic heterocycles. The van der Waals surface area contributed by atoms with Gasteiger partial charge in [-0.25, -0.2) is 0 Å². The molecule has 2 rings (SSSR count). The fourth-order valence-corrected chi connectivity index (χ4v) is 1.89. The second-order valence-corrected chi connectivity index (χ2v) is 3.48. The van der Waals surface area contributed by atoms with Crippen molar-refractivity contribution in [2.45, 2.75) is 26.2 Å². The summed E-state index contributed by atoms with van der Waals surface area (Å²) in [6, 6.07) is 0. The molecule has 1 fully saturated rings. The van der Waals surface area contributed by atoms with Crippen LogP contribution in [0.2, 0.25) is 0 Å². The molecule has 0 radical (unpaired) electrons. The predicted octanol–water partition coefficient (Wildman–Crippen LogP) is 3.23. The van der Waals surface area contributed by atoms with Gasteiger partial charge in [0.1, 0.15) is 0 Å². The Morgan fingerprint density at radius 2 is 2.09 bits per heavy atom. The Labute approximate surface area is 68.3 Å². The van der Waals surface area contributed by atoms with Crippen molar-refractivity contribution >= 4 is 0 Å². The van der Waals surface area contributed by atoms with Crippen LogP contribution in [-0.2, 0) is 0 Å². The molecular weight excluding hydrogens is 132 g/mol. The summed E-state index contributed by atoms with van der Waals surface area (Å²) < 4.78 is 0. The third kappa shape index (κ3) is 1.30. The van der Waals surface area contributed by atoms with Crippen molar-refractivity contribution in [1.82, 2.24) is 0 Å². The first kappa shape index (κ1) is 6.90. The van der Waals surface area contributed by atoms with Gasteiger partial charge in [-0.3, -0.25) is 0 Å². The highest BCUT2D eigenvalue weighted by molar-refractivity contribution is 5.40. The second-order valence-electron chi connectivity index (χ2n) is 3.48. The van der Waals surface area contributed by atoms with Crippen molar-refractivity contribution in [3.05, 3.63) is 35.5 Å². The maximum atomic E-state index is 2.41. The van der Waals surface area contributed by atoms with Gasteiger partial charge in [0.15, 0.2) is 0 Å². The quantitative estimate of drug-likeness (QED) is 0.492. The van der Waals surface area contributed by atoms with Crippen molar-refractivity contribution in [3.63, 3.8) is 0 Å². The van der Waals surface area contributed by atoms with Crippen molar-refractivity contribution < 1.29 is 0 Å². The third-order valence-corrected chi connectivity index (χ3v) is 2.48. The summed E-state index contributed by atoms with van der Waals surface area (Å²) in [5, 5.41) is 0. The number of allylic oxidation sites excluding steroid dienone is 6. The van der Waals surface area contributed by atoms with Crippen LogP contribution in [0.1, 0.15) is 26.2 Å². The molecule has 0 aromatic carbocycles. The summed E-state index contributed by atoms with van der Waals surface area (Å²) in [6.07, 6.45) is 13.1. The average molecular weight is 146 g/mol. The van der Waals surface area contributed by atoms with E-state index in [4.69, 9.17) is 0 Å². The first-order valence-corrected chi connectivity index (χ1v) is 4.45. The van der Waals surface area contributed by atoms with Gasteiger partial charge in [-0.15, -0.1) is 0 Å². The van der Waals surface area contributed by atoms with E-state index in [9.17, 15) is 0 Å². The maximum Gasteiger partial charge on any atom is -0.00728 e. The molecule has 0 unspecified atom stereocenters. The molecule has 0 aliphatic heterocycles. The minimum absolute atomic E-state index is 0.636. The van der Waals surface area contributed by atoms with E-state index in [-0.39, 0.29) is 0 Å². The van der Waals surface area contributed by atoms with Gasteiger partial charge in [-0.2, -0.15) is 0 Å². The summed E-state index contributed by atoms with van der Waals surface area (Å²) >= 11 is 0. The van der Waals surface area contributed by atoms with Gasteiger partial charge in [-0.05, 0) is 36.3 Å². The van der Waals surface area contributed by atoms with Crippen LogP contribution in [0.15, 0.2) is 35.5 Å². The molecule has 58 valence electrons. The first-order chi connectivity index (χ1) is 5.36. The molecule has 0 spiro atoms. The van der Waals surface area contributed by atoms with Crippen molar-refractivity contribution in [2.75, 3.05) is 0 Å². The summed E-state index contributed by atoms with van der Waals surface area (Å²) in [5.74, 6) is 0.636. The van der Waals surface area contributed by atoms with Gasteiger partial charge in [0.25, 0.3) is 0 Å². The average Bonchev–Trinajstić information content (AvgIpc) is 2.31. The highest BCUT2D eigenvalue weighted by atomic mass is 14.2. The zero-order valence-electron chi connectivity index (χ0n) is 7.01. The van der Waals surface area contributed by atoms with Crippen molar-refractivity contribution in [3.8, 4) is 0 Å². The zero-order chi connectivity index (χ0) is 7.68. The largest absolute Gasteiger partial charge is 0.0779 e. The van der Waals surface area contributed by atoms with E-state index in [1.807, 2.05) is 0 Å². The second kappa shape index (κ2) is 2.69. The molecule has 0 N–H and O–H groups in total. The Morgan fingerprint density at radius 3 is 3.00 bits per heavy atom. The minimum Gasteiger partial charge on any atom is -0.0779 e. The highest BCUT2D eigenvalue weighted by Crippen LogP contribution is 2.32. The lowest BCUT2D eigenvalue weighted by Gasteiger charge is -1.99. The van der Waals surface area contributed by atoms with Crippen LogP contribution < -0.4 is 0 Å². The molecule has 1 saturated carbocycles. The van der Waals surface area contributed by atoms with Crippen LogP contribution in [0.5, 0.6) is 0 Å². The number of hydrogen-bond donors (Lipinski definition) is 0. The van der Waals surface area contributed by atoms with Gasteiger partial charge in [-0.1, -0.05) is 31.2 Å². The number of hydrogen-bond acceptors (Lipinski definition) is 0. The molecular formula is C11H14. The van der Waals surface area contributed by atoms with Crippen LogP contribution in [0.25, 0.3) is 0 Å². The van der Waals surface area contributed by atoms with Crippen LogP contribution in [-0.4, -0.2) is 0 Å². The fourth-order valence-electron chi connectivity index (χ4n) is 1.89. The van der Waals surface area contributed by atoms with Crippen molar-refractivity contribution in [2.24, 2.45) is 5.92 Å². The number of fused-ring (bicyclic) bond motifs is 1. The van der Waals surface area contributed by atoms with Gasteiger partial charge >= 0.3 is 0 Å². The lowest BCUT2D eigenvalue weighted by atomic mass is 10.1. The fraction of sp³-hybridized carbons (Fsp3) is 0.455. The standard InChI is InChI=1S/C11H14/c1-9-4-2-5-10-6-3-7-11(10)8-9/h2,4-5,8-9H,3,6-7H2,1H3/t9-/m1/s1. The molecule has 0 aromatic rings.